The Bertz CT molecular complexity index is 391. The van der Waals surface area contributed by atoms with Gasteiger partial charge in [-0.15, -0.1) is 0 Å². The summed E-state index contributed by atoms with van der Waals surface area (Å²) >= 11 is 0. The molecule has 0 N–H and O–H groups in total. The number of carboxylic acids is 1. The number of carbonyl (C=O) groups is 2. The lowest BCUT2D eigenvalue weighted by Crippen LogP contribution is -2.22. The van der Waals surface area contributed by atoms with Crippen molar-refractivity contribution in [3.05, 3.63) is 41.0 Å². The third-order valence-corrected chi connectivity index (χ3v) is 1.82. The molecule has 0 aliphatic rings. The number of aliphatic carboxylic acids is 1. The Kier molecular flexibility index (Phi) is 3.18. The second kappa shape index (κ2) is 4.37. The predicted octanol–water partition coefficient (Wildman–Crippen LogP) is 0.652. The van der Waals surface area contributed by atoms with E-state index in [0.29, 0.717) is 17.4 Å². The molecule has 3 nitrogen and oxygen atoms in total. The summed E-state index contributed by atoms with van der Waals surface area (Å²) in [6.45, 7) is 1.43. The number of hydrogen-bond acceptors (Lipinski definition) is 3. The highest BCUT2D eigenvalue weighted by molar-refractivity contribution is 5.92. The lowest BCUT2D eigenvalue weighted by molar-refractivity contribution is -0.299. The normalized spacial score (nSPS) is 11.1. The van der Waals surface area contributed by atoms with Gasteiger partial charge in [0.1, 0.15) is 0 Å². The zero-order chi connectivity index (χ0) is 10.6. The fourth-order valence-electron chi connectivity index (χ4n) is 1.04. The first kappa shape index (κ1) is 10.2. The van der Waals surface area contributed by atoms with E-state index in [2.05, 4.69) is 0 Å². The summed E-state index contributed by atoms with van der Waals surface area (Å²) in [5.74, 6) is -1.23. The molecular weight excluding hydrogens is 180 g/mol. The summed E-state index contributed by atoms with van der Waals surface area (Å²) in [6, 6.07) is 6.76. The van der Waals surface area contributed by atoms with Gasteiger partial charge in [0, 0.05) is 5.56 Å². The third-order valence-electron chi connectivity index (χ3n) is 1.82. The average Bonchev–Trinajstić information content (AvgIpc) is 2.18. The lowest BCUT2D eigenvalue weighted by atomic mass is 10.1. The van der Waals surface area contributed by atoms with Gasteiger partial charge >= 0.3 is 0 Å². The Morgan fingerprint density at radius 3 is 2.36 bits per heavy atom. The van der Waals surface area contributed by atoms with E-state index < -0.39 is 5.97 Å². The van der Waals surface area contributed by atoms with Gasteiger partial charge in [0.05, 0.1) is 5.97 Å². The first-order valence-corrected chi connectivity index (χ1v) is 4.09. The summed E-state index contributed by atoms with van der Waals surface area (Å²) in [4.78, 5) is 21.0. The lowest BCUT2D eigenvalue weighted by Gasteiger charge is -2.03. The number of aldehydes is 1. The van der Waals surface area contributed by atoms with E-state index in [1.165, 1.54) is 13.0 Å². The number of carbonyl (C=O) groups excluding carboxylic acids is 2. The molecule has 0 amide bonds. The Labute approximate surface area is 81.7 Å². The van der Waals surface area contributed by atoms with Gasteiger partial charge < -0.3 is 9.90 Å². The van der Waals surface area contributed by atoms with Crippen LogP contribution in [0.2, 0.25) is 0 Å². The first-order chi connectivity index (χ1) is 6.65. The van der Waals surface area contributed by atoms with E-state index in [9.17, 15) is 14.7 Å². The Morgan fingerprint density at radius 2 is 1.86 bits per heavy atom. The zero-order valence-electron chi connectivity index (χ0n) is 7.69. The van der Waals surface area contributed by atoms with Crippen molar-refractivity contribution in [2.75, 3.05) is 0 Å². The highest BCUT2D eigenvalue weighted by atomic mass is 16.4. The number of hydrogen-bond donors (Lipinski definition) is 0. The standard InChI is InChI=1S/C11H10O3/c1-8(11(13)14)6-9-4-2-3-5-10(9)7-12/h2-7H,1H3,(H,13,14)/p-1/b8-6+. The highest BCUT2D eigenvalue weighted by Crippen LogP contribution is 2.10. The van der Waals surface area contributed by atoms with E-state index in [1.807, 2.05) is 0 Å². The van der Waals surface area contributed by atoms with Crippen molar-refractivity contribution in [3.8, 4) is 0 Å². The van der Waals surface area contributed by atoms with Gasteiger partial charge in [0.2, 0.25) is 0 Å². The molecule has 0 bridgehead atoms. The van der Waals surface area contributed by atoms with E-state index in [1.54, 1.807) is 24.3 Å². The molecule has 72 valence electrons. The van der Waals surface area contributed by atoms with Crippen molar-refractivity contribution >= 4 is 18.3 Å². The largest absolute Gasteiger partial charge is 0.545 e. The molecule has 0 saturated heterocycles. The van der Waals surface area contributed by atoms with Gasteiger partial charge in [-0.2, -0.15) is 0 Å². The van der Waals surface area contributed by atoms with Gasteiger partial charge in [-0.1, -0.05) is 24.3 Å². The molecule has 1 aromatic rings. The van der Waals surface area contributed by atoms with Crippen LogP contribution in [0.5, 0.6) is 0 Å². The molecule has 0 saturated carbocycles. The van der Waals surface area contributed by atoms with Crippen LogP contribution in [0.25, 0.3) is 6.08 Å². The van der Waals surface area contributed by atoms with Crippen molar-refractivity contribution in [2.24, 2.45) is 0 Å². The summed E-state index contributed by atoms with van der Waals surface area (Å²) in [5, 5.41) is 10.4. The molecule has 0 radical (unpaired) electrons. The molecule has 0 atom stereocenters. The SMILES string of the molecule is C/C(=C\c1ccccc1C=O)C(=O)[O-]. The van der Waals surface area contributed by atoms with Crippen LogP contribution in [0.15, 0.2) is 29.8 Å². The minimum Gasteiger partial charge on any atom is -0.545 e. The van der Waals surface area contributed by atoms with Crippen LogP contribution in [0.4, 0.5) is 0 Å². The van der Waals surface area contributed by atoms with Crippen molar-refractivity contribution in [1.82, 2.24) is 0 Å². The summed E-state index contributed by atoms with van der Waals surface area (Å²) in [6.07, 6.45) is 2.10. The number of benzene rings is 1. The molecule has 0 aromatic heterocycles. The van der Waals surface area contributed by atoms with Crippen LogP contribution in [0.1, 0.15) is 22.8 Å². The van der Waals surface area contributed by atoms with E-state index in [-0.39, 0.29) is 5.57 Å². The summed E-state index contributed by atoms with van der Waals surface area (Å²) < 4.78 is 0. The summed E-state index contributed by atoms with van der Waals surface area (Å²) in [5.41, 5.74) is 1.15. The molecule has 14 heavy (non-hydrogen) atoms. The second-order valence-corrected chi connectivity index (χ2v) is 2.86. The maximum absolute atomic E-state index is 10.6. The molecule has 0 spiro atoms. The molecule has 1 aromatic carbocycles. The van der Waals surface area contributed by atoms with Crippen LogP contribution in [-0.2, 0) is 4.79 Å². The molecule has 0 fully saturated rings. The van der Waals surface area contributed by atoms with Crippen molar-refractivity contribution in [2.45, 2.75) is 6.92 Å². The Hall–Kier alpha value is -1.90. The predicted molar refractivity (Wildman–Crippen MR) is 50.5 cm³/mol. The number of rotatable bonds is 3. The van der Waals surface area contributed by atoms with Gasteiger partial charge in [0.25, 0.3) is 0 Å². The maximum Gasteiger partial charge on any atom is 0.150 e. The first-order valence-electron chi connectivity index (χ1n) is 4.09. The summed E-state index contributed by atoms with van der Waals surface area (Å²) in [7, 11) is 0. The van der Waals surface area contributed by atoms with Crippen molar-refractivity contribution < 1.29 is 14.7 Å². The van der Waals surface area contributed by atoms with Gasteiger partial charge in [0.15, 0.2) is 6.29 Å². The molecule has 0 unspecified atom stereocenters. The van der Waals surface area contributed by atoms with Crippen molar-refractivity contribution in [1.29, 1.82) is 0 Å². The van der Waals surface area contributed by atoms with Gasteiger partial charge in [-0.3, -0.25) is 4.79 Å². The van der Waals surface area contributed by atoms with Crippen LogP contribution < -0.4 is 5.11 Å². The minimum absolute atomic E-state index is 0.0966. The topological polar surface area (TPSA) is 57.2 Å². The zero-order valence-corrected chi connectivity index (χ0v) is 7.69. The minimum atomic E-state index is -1.23. The molecule has 0 aliphatic heterocycles. The van der Waals surface area contributed by atoms with E-state index in [4.69, 9.17) is 0 Å². The monoisotopic (exact) mass is 189 g/mol. The number of carboxylic acid groups (broad SMARTS) is 1. The van der Waals surface area contributed by atoms with Crippen LogP contribution in [0.3, 0.4) is 0 Å². The van der Waals surface area contributed by atoms with E-state index >= 15 is 0 Å². The third kappa shape index (κ3) is 2.29. The van der Waals surface area contributed by atoms with Gasteiger partial charge in [-0.25, -0.2) is 0 Å². The molecular formula is C11H9O3-. The molecule has 3 heteroatoms. The van der Waals surface area contributed by atoms with Crippen LogP contribution in [0, 0.1) is 0 Å². The Morgan fingerprint density at radius 1 is 1.29 bits per heavy atom. The fraction of sp³-hybridized carbons (Fsp3) is 0.0909. The van der Waals surface area contributed by atoms with Crippen LogP contribution in [-0.4, -0.2) is 12.3 Å². The van der Waals surface area contributed by atoms with E-state index in [0.717, 1.165) is 0 Å². The molecule has 1 rings (SSSR count). The second-order valence-electron chi connectivity index (χ2n) is 2.86. The van der Waals surface area contributed by atoms with Crippen molar-refractivity contribution in [3.63, 3.8) is 0 Å². The maximum atomic E-state index is 10.6. The quantitative estimate of drug-likeness (QED) is 0.518. The van der Waals surface area contributed by atoms with Gasteiger partial charge in [-0.05, 0) is 24.1 Å². The molecule has 0 aliphatic carbocycles. The fourth-order valence-corrected chi connectivity index (χ4v) is 1.04. The smallest absolute Gasteiger partial charge is 0.150 e. The average molecular weight is 189 g/mol. The van der Waals surface area contributed by atoms with Crippen LogP contribution >= 0.6 is 0 Å². The highest BCUT2D eigenvalue weighted by Gasteiger charge is 1.97. The Balaban J connectivity index is 3.13. The molecule has 0 heterocycles.